The largest absolute Gasteiger partial charge is 0.452 e. The Kier molecular flexibility index (Phi) is 6.38. The van der Waals surface area contributed by atoms with Crippen molar-refractivity contribution in [1.82, 2.24) is 9.80 Å². The highest BCUT2D eigenvalue weighted by Crippen LogP contribution is 2.29. The normalized spacial score (nSPS) is 21.8. The second kappa shape index (κ2) is 9.09. The first-order valence-corrected chi connectivity index (χ1v) is 12.8. The minimum Gasteiger partial charge on any atom is -0.452 e. The summed E-state index contributed by atoms with van der Waals surface area (Å²) in [5, 5.41) is 0. The number of hydrogen-bond acceptors (Lipinski definition) is 7. The molecular formula is C23H26N2O7S. The van der Waals surface area contributed by atoms with Crippen LogP contribution in [0.3, 0.4) is 0 Å². The summed E-state index contributed by atoms with van der Waals surface area (Å²) < 4.78 is 29.1. The van der Waals surface area contributed by atoms with E-state index in [1.807, 2.05) is 0 Å². The van der Waals surface area contributed by atoms with Gasteiger partial charge in [-0.15, -0.1) is 6.58 Å². The second-order valence-corrected chi connectivity index (χ2v) is 10.9. The summed E-state index contributed by atoms with van der Waals surface area (Å²) in [7, 11) is -3.17. The van der Waals surface area contributed by atoms with Crippen molar-refractivity contribution in [3.63, 3.8) is 0 Å². The van der Waals surface area contributed by atoms with Crippen LogP contribution in [0, 0.1) is 0 Å². The third-order valence-corrected chi connectivity index (χ3v) is 8.20. The van der Waals surface area contributed by atoms with Gasteiger partial charge in [-0.25, -0.2) is 13.2 Å². The zero-order chi connectivity index (χ0) is 23.8. The maximum atomic E-state index is 13.0. The number of amides is 3. The van der Waals surface area contributed by atoms with Crippen LogP contribution < -0.4 is 0 Å². The van der Waals surface area contributed by atoms with Gasteiger partial charge in [0.15, 0.2) is 16.4 Å². The number of benzene rings is 1. The molecular weight excluding hydrogens is 448 g/mol. The Balaban J connectivity index is 1.45. The zero-order valence-corrected chi connectivity index (χ0v) is 19.0. The fraction of sp³-hybridized carbons (Fsp3) is 0.478. The third-order valence-electron chi connectivity index (χ3n) is 6.45. The number of sulfone groups is 1. The van der Waals surface area contributed by atoms with Crippen LogP contribution >= 0.6 is 0 Å². The Hall–Kier alpha value is -3.01. The first kappa shape index (κ1) is 23.2. The van der Waals surface area contributed by atoms with Gasteiger partial charge >= 0.3 is 5.97 Å². The quantitative estimate of drug-likeness (QED) is 0.334. The van der Waals surface area contributed by atoms with E-state index in [1.54, 1.807) is 4.90 Å². The number of carbonyl (C=O) groups excluding carboxylic acids is 4. The van der Waals surface area contributed by atoms with Gasteiger partial charge in [0.25, 0.3) is 17.7 Å². The number of rotatable bonds is 7. The lowest BCUT2D eigenvalue weighted by Crippen LogP contribution is -2.48. The average Bonchev–Trinajstić information content (AvgIpc) is 3.49. The molecule has 176 valence electrons. The van der Waals surface area contributed by atoms with Crippen LogP contribution in [-0.4, -0.2) is 78.6 Å². The van der Waals surface area contributed by atoms with E-state index in [0.717, 1.165) is 30.6 Å². The van der Waals surface area contributed by atoms with Crippen LogP contribution in [0.1, 0.15) is 63.2 Å². The highest BCUT2D eigenvalue weighted by atomic mass is 32.2. The maximum Gasteiger partial charge on any atom is 0.338 e. The minimum absolute atomic E-state index is 0.0472. The smallest absolute Gasteiger partial charge is 0.338 e. The molecule has 1 aliphatic carbocycles. The Morgan fingerprint density at radius 2 is 1.79 bits per heavy atom. The van der Waals surface area contributed by atoms with E-state index in [2.05, 4.69) is 6.58 Å². The number of imide groups is 1. The molecule has 1 aromatic carbocycles. The molecule has 1 aromatic rings. The van der Waals surface area contributed by atoms with Gasteiger partial charge in [-0.1, -0.05) is 18.9 Å². The number of nitrogens with zero attached hydrogens (tertiary/aromatic N) is 2. The van der Waals surface area contributed by atoms with E-state index >= 15 is 0 Å². The Bertz CT molecular complexity index is 1120. The highest BCUT2D eigenvalue weighted by Gasteiger charge is 2.39. The van der Waals surface area contributed by atoms with E-state index in [0.29, 0.717) is 6.42 Å². The molecule has 0 bridgehead atoms. The molecule has 3 aliphatic rings. The van der Waals surface area contributed by atoms with Crippen LogP contribution in [0.15, 0.2) is 30.9 Å². The predicted octanol–water partition coefficient (Wildman–Crippen LogP) is 1.58. The number of fused-ring (bicyclic) bond motifs is 1. The molecule has 4 rings (SSSR count). The minimum atomic E-state index is -3.17. The van der Waals surface area contributed by atoms with Crippen molar-refractivity contribution < 1.29 is 32.3 Å². The molecule has 2 heterocycles. The van der Waals surface area contributed by atoms with Gasteiger partial charge in [0, 0.05) is 18.6 Å². The summed E-state index contributed by atoms with van der Waals surface area (Å²) in [6.45, 7) is 3.08. The summed E-state index contributed by atoms with van der Waals surface area (Å²) in [6.07, 6.45) is 5.38. The molecule has 33 heavy (non-hydrogen) atoms. The summed E-state index contributed by atoms with van der Waals surface area (Å²) >= 11 is 0. The van der Waals surface area contributed by atoms with Crippen molar-refractivity contribution in [2.24, 2.45) is 0 Å². The first-order chi connectivity index (χ1) is 15.7. The maximum absolute atomic E-state index is 13.0. The molecule has 3 amide bonds. The van der Waals surface area contributed by atoms with E-state index in [9.17, 15) is 27.6 Å². The molecule has 9 nitrogen and oxygen atoms in total. The standard InChI is InChI=1S/C23H26N2O7S/c1-2-10-24-21(27)18-8-7-15(12-19(18)22(24)28)23(29)32-13-20(26)25(16-5-3-4-6-16)17-9-11-33(30,31)14-17/h2,7-8,12,16-17H,1,3-6,9-11,13-14H2/t17-/m0/s1. The van der Waals surface area contributed by atoms with Gasteiger partial charge in [-0.2, -0.15) is 0 Å². The van der Waals surface area contributed by atoms with Crippen molar-refractivity contribution in [2.45, 2.75) is 44.2 Å². The SMILES string of the molecule is C=CCN1C(=O)c2ccc(C(=O)OCC(=O)N(C3CCCC3)[C@H]3CCS(=O)(=O)C3)cc2C1=O. The highest BCUT2D eigenvalue weighted by molar-refractivity contribution is 7.91. The molecule has 1 atom stereocenters. The molecule has 2 aliphatic heterocycles. The monoisotopic (exact) mass is 474 g/mol. The lowest BCUT2D eigenvalue weighted by Gasteiger charge is -2.33. The number of carbonyl (C=O) groups is 4. The van der Waals surface area contributed by atoms with Crippen LogP contribution in [0.5, 0.6) is 0 Å². The molecule has 0 spiro atoms. The van der Waals surface area contributed by atoms with E-state index in [1.165, 1.54) is 24.3 Å². The Labute approximate surface area is 192 Å². The summed E-state index contributed by atoms with van der Waals surface area (Å²) in [5.74, 6) is -2.19. The summed E-state index contributed by atoms with van der Waals surface area (Å²) in [6, 6.07) is 3.62. The molecule has 0 aromatic heterocycles. The number of hydrogen-bond donors (Lipinski definition) is 0. The van der Waals surface area contributed by atoms with E-state index in [4.69, 9.17) is 4.74 Å². The first-order valence-electron chi connectivity index (χ1n) is 11.0. The lowest BCUT2D eigenvalue weighted by molar-refractivity contribution is -0.139. The molecule has 2 fully saturated rings. The van der Waals surface area contributed by atoms with Gasteiger partial charge in [0.05, 0.1) is 28.2 Å². The van der Waals surface area contributed by atoms with Crippen molar-refractivity contribution >= 4 is 33.5 Å². The van der Waals surface area contributed by atoms with Gasteiger partial charge in [-0.3, -0.25) is 19.3 Å². The zero-order valence-electron chi connectivity index (χ0n) is 18.2. The third kappa shape index (κ3) is 4.57. The lowest BCUT2D eigenvalue weighted by atomic mass is 10.1. The van der Waals surface area contributed by atoms with E-state index < -0.39 is 46.2 Å². The average molecular weight is 475 g/mol. The van der Waals surface area contributed by atoms with Crippen LogP contribution in [0.25, 0.3) is 0 Å². The molecule has 0 N–H and O–H groups in total. The van der Waals surface area contributed by atoms with Gasteiger partial charge in [0.2, 0.25) is 0 Å². The second-order valence-electron chi connectivity index (χ2n) is 8.64. The fourth-order valence-corrected chi connectivity index (χ4v) is 6.59. The summed E-state index contributed by atoms with van der Waals surface area (Å²) in [4.78, 5) is 53.0. The predicted molar refractivity (Wildman–Crippen MR) is 118 cm³/mol. The Morgan fingerprint density at radius 3 is 2.42 bits per heavy atom. The Morgan fingerprint density at radius 1 is 1.09 bits per heavy atom. The van der Waals surface area contributed by atoms with Crippen molar-refractivity contribution in [1.29, 1.82) is 0 Å². The van der Waals surface area contributed by atoms with Crippen LogP contribution in [0.2, 0.25) is 0 Å². The summed E-state index contributed by atoms with van der Waals surface area (Å²) in [5.41, 5.74) is 0.356. The van der Waals surface area contributed by atoms with Gasteiger partial charge in [-0.05, 0) is 37.5 Å². The number of ether oxygens (including phenoxy) is 1. The van der Waals surface area contributed by atoms with Crippen LogP contribution in [0.4, 0.5) is 0 Å². The molecule has 1 saturated heterocycles. The van der Waals surface area contributed by atoms with Crippen LogP contribution in [-0.2, 0) is 19.4 Å². The fourth-order valence-electron chi connectivity index (χ4n) is 4.88. The topological polar surface area (TPSA) is 118 Å². The molecule has 0 radical (unpaired) electrons. The molecule has 10 heteroatoms. The van der Waals surface area contributed by atoms with Gasteiger partial charge < -0.3 is 9.64 Å². The van der Waals surface area contributed by atoms with Crippen molar-refractivity contribution in [3.05, 3.63) is 47.5 Å². The molecule has 0 unspecified atom stereocenters. The van der Waals surface area contributed by atoms with Gasteiger partial charge in [0.1, 0.15) is 0 Å². The van der Waals surface area contributed by atoms with Crippen molar-refractivity contribution in [3.8, 4) is 0 Å². The van der Waals surface area contributed by atoms with E-state index in [-0.39, 0.29) is 40.8 Å². The number of esters is 1. The molecule has 1 saturated carbocycles. The van der Waals surface area contributed by atoms with Crippen molar-refractivity contribution in [2.75, 3.05) is 24.7 Å².